The summed E-state index contributed by atoms with van der Waals surface area (Å²) in [5.41, 5.74) is 1.49. The highest BCUT2D eigenvalue weighted by Gasteiger charge is 2.28. The number of hydrogen-bond donors (Lipinski definition) is 2. The van der Waals surface area contributed by atoms with E-state index < -0.39 is 13.6 Å². The molecule has 0 fully saturated rings. The van der Waals surface area contributed by atoms with Gasteiger partial charge in [0.25, 0.3) is 0 Å². The lowest BCUT2D eigenvalue weighted by Crippen LogP contribution is -2.26. The molecular formula is C17H18Cl2NO5P. The average molecular weight is 418 g/mol. The fourth-order valence-corrected chi connectivity index (χ4v) is 3.71. The van der Waals surface area contributed by atoms with Crippen LogP contribution in [-0.2, 0) is 9.36 Å². The number of benzene rings is 2. The number of carbonyl (C=O) groups is 1. The van der Waals surface area contributed by atoms with Gasteiger partial charge in [0.05, 0.1) is 6.54 Å². The summed E-state index contributed by atoms with van der Waals surface area (Å²) in [6.45, 7) is 3.19. The first-order valence-corrected chi connectivity index (χ1v) is 10.1. The van der Waals surface area contributed by atoms with Gasteiger partial charge in [-0.3, -0.25) is 10.1 Å². The van der Waals surface area contributed by atoms with Crippen LogP contribution in [0.15, 0.2) is 36.4 Å². The molecule has 0 saturated carbocycles. The number of halogens is 2. The van der Waals surface area contributed by atoms with E-state index in [0.29, 0.717) is 21.5 Å². The zero-order chi connectivity index (χ0) is 19.3. The first-order valence-electron chi connectivity index (χ1n) is 7.61. The van der Waals surface area contributed by atoms with Crippen LogP contribution in [-0.4, -0.2) is 23.9 Å². The smallest absolute Gasteiger partial charge is 0.444 e. The molecule has 140 valence electrons. The van der Waals surface area contributed by atoms with E-state index in [1.165, 1.54) is 0 Å². The van der Waals surface area contributed by atoms with Crippen molar-refractivity contribution in [1.82, 2.24) is 5.32 Å². The van der Waals surface area contributed by atoms with Crippen LogP contribution in [0.3, 0.4) is 0 Å². The minimum atomic E-state index is -3.75. The monoisotopic (exact) mass is 417 g/mol. The molecule has 9 heteroatoms. The molecule has 0 aliphatic heterocycles. The van der Waals surface area contributed by atoms with Crippen molar-refractivity contribution < 1.29 is 23.5 Å². The molecule has 0 spiro atoms. The summed E-state index contributed by atoms with van der Waals surface area (Å²) in [6, 6.07) is 9.62. The lowest BCUT2D eigenvalue weighted by molar-refractivity contribution is -0.135. The van der Waals surface area contributed by atoms with Crippen LogP contribution in [0.2, 0.25) is 10.0 Å². The van der Waals surface area contributed by atoms with Crippen LogP contribution >= 0.6 is 30.8 Å². The number of carboxylic acids is 1. The van der Waals surface area contributed by atoms with Gasteiger partial charge < -0.3 is 14.2 Å². The Balaban J connectivity index is 2.24. The minimum absolute atomic E-state index is 0.289. The Bertz CT molecular complexity index is 802. The van der Waals surface area contributed by atoms with Crippen LogP contribution in [0.5, 0.6) is 11.5 Å². The predicted molar refractivity (Wildman–Crippen MR) is 102 cm³/mol. The Labute approximate surface area is 161 Å². The Morgan fingerprint density at radius 1 is 1.04 bits per heavy atom. The van der Waals surface area contributed by atoms with E-state index >= 15 is 0 Å². The number of rotatable bonds is 8. The molecule has 6 nitrogen and oxygen atoms in total. The van der Waals surface area contributed by atoms with Crippen LogP contribution in [0.4, 0.5) is 0 Å². The third kappa shape index (κ3) is 5.92. The summed E-state index contributed by atoms with van der Waals surface area (Å²) in [6.07, 6.45) is -0.289. The molecule has 2 N–H and O–H groups in total. The maximum Gasteiger partial charge on any atom is 0.444 e. The second-order valence-electron chi connectivity index (χ2n) is 5.59. The molecule has 0 heterocycles. The maximum atomic E-state index is 13.2. The van der Waals surface area contributed by atoms with Gasteiger partial charge >= 0.3 is 13.6 Å². The Morgan fingerprint density at radius 2 is 1.50 bits per heavy atom. The first kappa shape index (κ1) is 20.6. The zero-order valence-electron chi connectivity index (χ0n) is 14.2. The minimum Gasteiger partial charge on any atom is -0.480 e. The molecule has 26 heavy (non-hydrogen) atoms. The van der Waals surface area contributed by atoms with E-state index in [4.69, 9.17) is 37.4 Å². The number of aryl methyl sites for hydroxylation is 2. The van der Waals surface area contributed by atoms with Crippen molar-refractivity contribution in [1.29, 1.82) is 0 Å². The molecule has 2 aromatic carbocycles. The number of hydrogen-bond acceptors (Lipinski definition) is 5. The van der Waals surface area contributed by atoms with Gasteiger partial charge in [0.1, 0.15) is 17.8 Å². The fraction of sp³-hybridized carbons (Fsp3) is 0.235. The van der Waals surface area contributed by atoms with Crippen molar-refractivity contribution in [3.05, 3.63) is 57.6 Å². The summed E-state index contributed by atoms with van der Waals surface area (Å²) in [5, 5.41) is 12.4. The Kier molecular flexibility index (Phi) is 6.95. The van der Waals surface area contributed by atoms with Crippen LogP contribution in [0.1, 0.15) is 11.1 Å². The van der Waals surface area contributed by atoms with Crippen molar-refractivity contribution in [3.63, 3.8) is 0 Å². The van der Waals surface area contributed by atoms with Crippen molar-refractivity contribution in [2.75, 3.05) is 12.8 Å². The van der Waals surface area contributed by atoms with Gasteiger partial charge in [0.15, 0.2) is 0 Å². The van der Waals surface area contributed by atoms with E-state index in [1.807, 2.05) is 0 Å². The summed E-state index contributed by atoms with van der Waals surface area (Å²) in [7, 11) is -3.75. The van der Waals surface area contributed by atoms with Gasteiger partial charge in [-0.05, 0) is 61.4 Å². The quantitative estimate of drug-likeness (QED) is 0.594. The lowest BCUT2D eigenvalue weighted by atomic mass is 10.2. The summed E-state index contributed by atoms with van der Waals surface area (Å²) < 4.78 is 24.3. The van der Waals surface area contributed by atoms with Crippen LogP contribution < -0.4 is 14.4 Å². The number of carboxylic acid groups (broad SMARTS) is 1. The lowest BCUT2D eigenvalue weighted by Gasteiger charge is -2.21. The summed E-state index contributed by atoms with van der Waals surface area (Å²) >= 11 is 12.0. The van der Waals surface area contributed by atoms with E-state index in [-0.39, 0.29) is 12.8 Å². The third-order valence-corrected chi connectivity index (χ3v) is 5.77. The second-order valence-corrected chi connectivity index (χ2v) is 8.31. The highest BCUT2D eigenvalue weighted by Crippen LogP contribution is 2.48. The van der Waals surface area contributed by atoms with Crippen molar-refractivity contribution in [3.8, 4) is 11.5 Å². The molecule has 0 bridgehead atoms. The molecule has 0 amide bonds. The van der Waals surface area contributed by atoms with Crippen LogP contribution in [0.25, 0.3) is 0 Å². The Morgan fingerprint density at radius 3 is 1.88 bits per heavy atom. The average Bonchev–Trinajstić information content (AvgIpc) is 2.54. The molecule has 0 radical (unpaired) electrons. The standard InChI is InChI=1S/C17H18Cl2NO5P/c1-11-7-13(3-5-15(11)18)24-26(23,10-20-9-17(21)22)25-14-4-6-16(19)12(2)8-14/h3-8,20H,9-10H2,1-2H3,(H,21,22). The second kappa shape index (κ2) is 8.78. The van der Waals surface area contributed by atoms with Crippen LogP contribution in [0, 0.1) is 13.8 Å². The van der Waals surface area contributed by atoms with Gasteiger partial charge in [-0.15, -0.1) is 0 Å². The zero-order valence-corrected chi connectivity index (χ0v) is 16.6. The molecule has 2 rings (SSSR count). The normalized spacial score (nSPS) is 11.2. The molecule has 0 unspecified atom stereocenters. The molecule has 0 atom stereocenters. The number of nitrogens with one attached hydrogen (secondary N) is 1. The van der Waals surface area contributed by atoms with Crippen molar-refractivity contribution in [2.45, 2.75) is 13.8 Å². The van der Waals surface area contributed by atoms with Gasteiger partial charge in [-0.1, -0.05) is 23.2 Å². The van der Waals surface area contributed by atoms with E-state index in [9.17, 15) is 9.36 Å². The molecular weight excluding hydrogens is 400 g/mol. The highest BCUT2D eigenvalue weighted by molar-refractivity contribution is 7.54. The van der Waals surface area contributed by atoms with E-state index in [2.05, 4.69) is 5.32 Å². The highest BCUT2D eigenvalue weighted by atomic mass is 35.5. The van der Waals surface area contributed by atoms with Crippen molar-refractivity contribution in [2.24, 2.45) is 0 Å². The summed E-state index contributed by atoms with van der Waals surface area (Å²) in [5.74, 6) is -0.475. The number of aliphatic carboxylic acids is 1. The predicted octanol–water partition coefficient (Wildman–Crippen LogP) is 4.89. The molecule has 0 saturated heterocycles. The third-order valence-electron chi connectivity index (χ3n) is 3.33. The topological polar surface area (TPSA) is 84.9 Å². The van der Waals surface area contributed by atoms with Gasteiger partial charge in [-0.2, -0.15) is 0 Å². The Hall–Kier alpha value is -1.72. The molecule has 0 aliphatic rings. The van der Waals surface area contributed by atoms with Crippen molar-refractivity contribution >= 4 is 36.8 Å². The molecule has 0 aromatic heterocycles. The molecule has 2 aromatic rings. The SMILES string of the molecule is Cc1cc(OP(=O)(CNCC(=O)O)Oc2ccc(Cl)c(C)c2)ccc1Cl. The van der Waals surface area contributed by atoms with E-state index in [1.54, 1.807) is 50.2 Å². The van der Waals surface area contributed by atoms with E-state index in [0.717, 1.165) is 11.1 Å². The van der Waals surface area contributed by atoms with Gasteiger partial charge in [0.2, 0.25) is 0 Å². The summed E-state index contributed by atoms with van der Waals surface area (Å²) in [4.78, 5) is 10.7. The van der Waals surface area contributed by atoms with Gasteiger partial charge in [0, 0.05) is 10.0 Å². The molecule has 0 aliphatic carbocycles. The first-order chi connectivity index (χ1) is 12.2. The van der Waals surface area contributed by atoms with Gasteiger partial charge in [-0.25, -0.2) is 4.57 Å². The largest absolute Gasteiger partial charge is 0.480 e. The maximum absolute atomic E-state index is 13.2. The fourth-order valence-electron chi connectivity index (χ4n) is 2.05.